The number of rotatable bonds is 3. The fourth-order valence-electron chi connectivity index (χ4n) is 3.56. The van der Waals surface area contributed by atoms with Crippen molar-refractivity contribution in [3.63, 3.8) is 0 Å². The van der Waals surface area contributed by atoms with Crippen LogP contribution in [0.25, 0.3) is 22.3 Å². The Kier molecular flexibility index (Phi) is 4.11. The number of anilines is 1. The number of nitrogens with zero attached hydrogens (tertiary/aromatic N) is 4. The molecule has 0 aliphatic heterocycles. The van der Waals surface area contributed by atoms with Crippen molar-refractivity contribution >= 4 is 16.9 Å². The number of fused-ring (bicyclic) bond motifs is 1. The van der Waals surface area contributed by atoms with Crippen molar-refractivity contribution in [2.24, 2.45) is 0 Å². The van der Waals surface area contributed by atoms with E-state index in [0.717, 1.165) is 28.1 Å². The maximum Gasteiger partial charge on any atom is 0.129 e. The number of hydrogen-bond acceptors (Lipinski definition) is 4. The highest BCUT2D eigenvalue weighted by Gasteiger charge is 2.19. The summed E-state index contributed by atoms with van der Waals surface area (Å²) < 4.78 is 0. The van der Waals surface area contributed by atoms with E-state index in [9.17, 15) is 0 Å². The van der Waals surface area contributed by atoms with Crippen molar-refractivity contribution in [2.45, 2.75) is 38.1 Å². The average Bonchev–Trinajstić information content (AvgIpc) is 2.68. The van der Waals surface area contributed by atoms with Crippen LogP contribution in [0.5, 0.6) is 0 Å². The Balaban J connectivity index is 1.65. The Morgan fingerprint density at radius 1 is 0.917 bits per heavy atom. The van der Waals surface area contributed by atoms with Crippen LogP contribution in [0.2, 0.25) is 0 Å². The predicted molar refractivity (Wildman–Crippen MR) is 98.0 cm³/mol. The fraction of sp³-hybridized carbons (Fsp3) is 0.350. The van der Waals surface area contributed by atoms with Crippen LogP contribution < -0.4 is 4.90 Å². The molecule has 0 spiro atoms. The molecule has 0 atom stereocenters. The average molecular weight is 318 g/mol. The fourth-order valence-corrected chi connectivity index (χ4v) is 3.56. The van der Waals surface area contributed by atoms with Gasteiger partial charge in [0.1, 0.15) is 5.82 Å². The van der Waals surface area contributed by atoms with E-state index in [-0.39, 0.29) is 0 Å². The van der Waals surface area contributed by atoms with Crippen molar-refractivity contribution in [3.8, 4) is 11.3 Å². The summed E-state index contributed by atoms with van der Waals surface area (Å²) in [6, 6.07) is 13.0. The van der Waals surface area contributed by atoms with Crippen LogP contribution >= 0.6 is 0 Å². The molecule has 1 saturated carbocycles. The summed E-state index contributed by atoms with van der Waals surface area (Å²) in [6.07, 6.45) is 10.0. The molecule has 122 valence electrons. The number of aromatic nitrogens is 3. The molecule has 4 nitrogen and oxygen atoms in total. The first-order chi connectivity index (χ1) is 11.8. The van der Waals surface area contributed by atoms with Crippen molar-refractivity contribution in [1.82, 2.24) is 15.0 Å². The number of pyridine rings is 1. The zero-order valence-corrected chi connectivity index (χ0v) is 14.0. The molecule has 0 radical (unpaired) electrons. The molecule has 2 aromatic heterocycles. The van der Waals surface area contributed by atoms with Crippen molar-refractivity contribution < 1.29 is 0 Å². The second-order valence-corrected chi connectivity index (χ2v) is 6.54. The van der Waals surface area contributed by atoms with Gasteiger partial charge in [-0.3, -0.25) is 9.97 Å². The van der Waals surface area contributed by atoms with E-state index >= 15 is 0 Å². The second kappa shape index (κ2) is 6.56. The van der Waals surface area contributed by atoms with Gasteiger partial charge in [0.25, 0.3) is 0 Å². The number of hydrogen-bond donors (Lipinski definition) is 0. The van der Waals surface area contributed by atoms with Crippen molar-refractivity contribution in [3.05, 3.63) is 48.8 Å². The van der Waals surface area contributed by atoms with Crippen LogP contribution in [0.15, 0.2) is 48.8 Å². The molecule has 1 aliphatic rings. The third-order valence-electron chi connectivity index (χ3n) is 4.98. The minimum Gasteiger partial charge on any atom is -0.357 e. The van der Waals surface area contributed by atoms with Crippen LogP contribution in [-0.4, -0.2) is 28.0 Å². The van der Waals surface area contributed by atoms with Gasteiger partial charge in [0, 0.05) is 31.0 Å². The van der Waals surface area contributed by atoms with Gasteiger partial charge in [0.2, 0.25) is 0 Å². The maximum atomic E-state index is 4.90. The van der Waals surface area contributed by atoms with E-state index in [0.29, 0.717) is 6.04 Å². The lowest BCUT2D eigenvalue weighted by Crippen LogP contribution is -2.33. The molecule has 2 heterocycles. The highest BCUT2D eigenvalue weighted by molar-refractivity contribution is 5.80. The molecule has 1 fully saturated rings. The molecule has 1 aromatic carbocycles. The van der Waals surface area contributed by atoms with E-state index in [1.54, 1.807) is 12.4 Å². The van der Waals surface area contributed by atoms with Gasteiger partial charge in [-0.15, -0.1) is 0 Å². The SMILES string of the molecule is CN(c1cccc(-c2ccc3nccnc3c2)n1)C1CCCCC1. The standard InChI is InChI=1S/C20H22N4/c1-24(16-6-3-2-4-7-16)20-9-5-8-17(23-20)15-10-11-18-19(14-15)22-13-12-21-18/h5,8-14,16H,2-4,6-7H2,1H3. The molecule has 0 saturated heterocycles. The zero-order valence-electron chi connectivity index (χ0n) is 14.0. The molecule has 1 aliphatic carbocycles. The van der Waals surface area contributed by atoms with Crippen LogP contribution in [0, 0.1) is 0 Å². The highest BCUT2D eigenvalue weighted by atomic mass is 15.2. The van der Waals surface area contributed by atoms with E-state index in [1.807, 2.05) is 6.07 Å². The second-order valence-electron chi connectivity index (χ2n) is 6.54. The summed E-state index contributed by atoms with van der Waals surface area (Å²) in [5, 5.41) is 0. The Labute approximate surface area is 142 Å². The lowest BCUT2D eigenvalue weighted by Gasteiger charge is -2.32. The Bertz CT molecular complexity index is 840. The minimum absolute atomic E-state index is 0.615. The smallest absolute Gasteiger partial charge is 0.129 e. The van der Waals surface area contributed by atoms with Gasteiger partial charge < -0.3 is 4.90 Å². The molecule has 0 unspecified atom stereocenters. The van der Waals surface area contributed by atoms with E-state index in [4.69, 9.17) is 4.98 Å². The first kappa shape index (κ1) is 15.1. The molecule has 24 heavy (non-hydrogen) atoms. The number of benzene rings is 1. The Morgan fingerprint density at radius 3 is 2.54 bits per heavy atom. The van der Waals surface area contributed by atoms with Gasteiger partial charge in [0.15, 0.2) is 0 Å². The third-order valence-corrected chi connectivity index (χ3v) is 4.98. The van der Waals surface area contributed by atoms with Crippen LogP contribution in [0.3, 0.4) is 0 Å². The lowest BCUT2D eigenvalue weighted by molar-refractivity contribution is 0.426. The molecular formula is C20H22N4. The van der Waals surface area contributed by atoms with Crippen LogP contribution in [-0.2, 0) is 0 Å². The summed E-state index contributed by atoms with van der Waals surface area (Å²) in [5.41, 5.74) is 3.89. The molecule has 0 N–H and O–H groups in total. The molecule has 4 heteroatoms. The van der Waals surface area contributed by atoms with E-state index < -0.39 is 0 Å². The van der Waals surface area contributed by atoms with Gasteiger partial charge >= 0.3 is 0 Å². The quantitative estimate of drug-likeness (QED) is 0.715. The minimum atomic E-state index is 0.615. The topological polar surface area (TPSA) is 41.9 Å². The van der Waals surface area contributed by atoms with Crippen LogP contribution in [0.4, 0.5) is 5.82 Å². The molecule has 4 rings (SSSR count). The summed E-state index contributed by atoms with van der Waals surface area (Å²) in [4.78, 5) is 16.0. The third kappa shape index (κ3) is 2.96. The Hall–Kier alpha value is -2.49. The van der Waals surface area contributed by atoms with E-state index in [2.05, 4.69) is 52.2 Å². The lowest BCUT2D eigenvalue weighted by atomic mass is 9.94. The summed E-state index contributed by atoms with van der Waals surface area (Å²) in [6.45, 7) is 0. The molecule has 0 bridgehead atoms. The first-order valence-electron chi connectivity index (χ1n) is 8.72. The summed E-state index contributed by atoms with van der Waals surface area (Å²) in [7, 11) is 2.17. The van der Waals surface area contributed by atoms with Gasteiger partial charge in [-0.2, -0.15) is 0 Å². The van der Waals surface area contributed by atoms with Crippen molar-refractivity contribution in [1.29, 1.82) is 0 Å². The molecule has 0 amide bonds. The van der Waals surface area contributed by atoms with E-state index in [1.165, 1.54) is 32.1 Å². The Morgan fingerprint density at radius 2 is 1.71 bits per heavy atom. The van der Waals surface area contributed by atoms with Crippen molar-refractivity contribution in [2.75, 3.05) is 11.9 Å². The maximum absolute atomic E-state index is 4.90. The van der Waals surface area contributed by atoms with Gasteiger partial charge in [-0.05, 0) is 37.1 Å². The van der Waals surface area contributed by atoms with Gasteiger partial charge in [0.05, 0.1) is 16.7 Å². The molecule has 3 aromatic rings. The zero-order chi connectivity index (χ0) is 16.4. The van der Waals surface area contributed by atoms with Crippen LogP contribution in [0.1, 0.15) is 32.1 Å². The van der Waals surface area contributed by atoms with Gasteiger partial charge in [-0.25, -0.2) is 4.98 Å². The molecular weight excluding hydrogens is 296 g/mol. The summed E-state index contributed by atoms with van der Waals surface area (Å²) in [5.74, 6) is 1.05. The van der Waals surface area contributed by atoms with Gasteiger partial charge in [-0.1, -0.05) is 31.4 Å². The largest absolute Gasteiger partial charge is 0.357 e. The normalized spacial score (nSPS) is 15.5. The monoisotopic (exact) mass is 318 g/mol. The first-order valence-corrected chi connectivity index (χ1v) is 8.72. The summed E-state index contributed by atoms with van der Waals surface area (Å²) >= 11 is 0. The highest BCUT2D eigenvalue weighted by Crippen LogP contribution is 2.27. The predicted octanol–water partition coefficient (Wildman–Crippen LogP) is 4.46.